The Balaban J connectivity index is 2.41. The van der Waals surface area contributed by atoms with Gasteiger partial charge in [-0.25, -0.2) is 4.79 Å². The number of nitrogens with one attached hydrogen (secondary N) is 1. The van der Waals surface area contributed by atoms with Crippen LogP contribution in [0.5, 0.6) is 0 Å². The summed E-state index contributed by atoms with van der Waals surface area (Å²) in [5.41, 5.74) is 9.81. The Bertz CT molecular complexity index is 597. The second kappa shape index (κ2) is 6.21. The van der Waals surface area contributed by atoms with E-state index < -0.39 is 6.09 Å². The van der Waals surface area contributed by atoms with Crippen molar-refractivity contribution < 1.29 is 9.53 Å². The third-order valence-corrected chi connectivity index (χ3v) is 3.21. The number of carbonyl (C=O) groups is 1. The summed E-state index contributed by atoms with van der Waals surface area (Å²) in [5.74, 6) is 0. The lowest BCUT2D eigenvalue weighted by Gasteiger charge is -2.19. The van der Waals surface area contributed by atoms with E-state index in [0.29, 0.717) is 5.69 Å². The van der Waals surface area contributed by atoms with Crippen LogP contribution in [0.1, 0.15) is 22.7 Å². The van der Waals surface area contributed by atoms with Crippen LogP contribution in [0.3, 0.4) is 0 Å². The van der Waals surface area contributed by atoms with E-state index >= 15 is 0 Å². The Morgan fingerprint density at radius 2 is 1.85 bits per heavy atom. The number of nitrogens with two attached hydrogens (primary N) is 1. The molecule has 4 nitrogen and oxygen atoms in total. The Kier molecular flexibility index (Phi) is 4.38. The van der Waals surface area contributed by atoms with E-state index in [1.807, 2.05) is 55.5 Å². The highest BCUT2D eigenvalue weighted by molar-refractivity contribution is 5.87. The van der Waals surface area contributed by atoms with Crippen molar-refractivity contribution in [2.24, 2.45) is 5.73 Å². The van der Waals surface area contributed by atoms with Gasteiger partial charge in [-0.1, -0.05) is 48.5 Å². The van der Waals surface area contributed by atoms with E-state index in [1.165, 1.54) is 7.11 Å². The quantitative estimate of drug-likeness (QED) is 0.900. The number of amides is 1. The van der Waals surface area contributed by atoms with Gasteiger partial charge in [-0.3, -0.25) is 5.32 Å². The predicted molar refractivity (Wildman–Crippen MR) is 79.7 cm³/mol. The number of hydrogen-bond donors (Lipinski definition) is 2. The minimum Gasteiger partial charge on any atom is -0.453 e. The zero-order valence-electron chi connectivity index (χ0n) is 11.6. The van der Waals surface area contributed by atoms with Crippen LogP contribution in [0.25, 0.3) is 0 Å². The number of hydrogen-bond acceptors (Lipinski definition) is 3. The van der Waals surface area contributed by atoms with Crippen molar-refractivity contribution in [3.63, 3.8) is 0 Å². The normalized spacial score (nSPS) is 11.8. The lowest BCUT2D eigenvalue weighted by atomic mass is 9.96. The van der Waals surface area contributed by atoms with Gasteiger partial charge in [0.2, 0.25) is 0 Å². The zero-order chi connectivity index (χ0) is 14.5. The lowest BCUT2D eigenvalue weighted by Crippen LogP contribution is -2.18. The molecule has 20 heavy (non-hydrogen) atoms. The fraction of sp³-hybridized carbons (Fsp3) is 0.188. The topological polar surface area (TPSA) is 64.3 Å². The molecule has 2 rings (SSSR count). The molecule has 0 aliphatic rings. The molecule has 1 amide bonds. The minimum absolute atomic E-state index is 0.303. The van der Waals surface area contributed by atoms with Gasteiger partial charge < -0.3 is 10.5 Å². The smallest absolute Gasteiger partial charge is 0.411 e. The van der Waals surface area contributed by atoms with Crippen molar-refractivity contribution in [1.82, 2.24) is 0 Å². The first kappa shape index (κ1) is 14.1. The molecule has 0 heterocycles. The molecule has 0 fully saturated rings. The maximum Gasteiger partial charge on any atom is 0.411 e. The fourth-order valence-corrected chi connectivity index (χ4v) is 2.11. The van der Waals surface area contributed by atoms with Gasteiger partial charge >= 0.3 is 6.09 Å². The summed E-state index contributed by atoms with van der Waals surface area (Å²) >= 11 is 0. The number of anilines is 1. The molecule has 1 atom stereocenters. The van der Waals surface area contributed by atoms with Crippen molar-refractivity contribution >= 4 is 11.8 Å². The van der Waals surface area contributed by atoms with E-state index in [9.17, 15) is 4.79 Å². The zero-order valence-corrected chi connectivity index (χ0v) is 11.6. The molecule has 0 bridgehead atoms. The molecule has 3 N–H and O–H groups in total. The molecule has 0 aliphatic heterocycles. The standard InChI is InChI=1S/C16H18N2O2/c1-11-7-6-10-13(15(11)18-16(19)20-2)14(17)12-8-4-3-5-9-12/h3-10,14H,17H2,1-2H3,(H,18,19). The summed E-state index contributed by atoms with van der Waals surface area (Å²) in [4.78, 5) is 11.5. The Morgan fingerprint density at radius 3 is 2.50 bits per heavy atom. The summed E-state index contributed by atoms with van der Waals surface area (Å²) < 4.78 is 4.66. The minimum atomic E-state index is -0.499. The highest BCUT2D eigenvalue weighted by atomic mass is 16.5. The highest BCUT2D eigenvalue weighted by Crippen LogP contribution is 2.29. The predicted octanol–water partition coefficient (Wildman–Crippen LogP) is 3.22. The Labute approximate surface area is 118 Å². The number of methoxy groups -OCH3 is 1. The second-order valence-corrected chi connectivity index (χ2v) is 4.54. The Hall–Kier alpha value is -2.33. The van der Waals surface area contributed by atoms with Crippen LogP contribution in [-0.4, -0.2) is 13.2 Å². The largest absolute Gasteiger partial charge is 0.453 e. The number of para-hydroxylation sites is 1. The van der Waals surface area contributed by atoms with Gasteiger partial charge in [-0.15, -0.1) is 0 Å². The van der Waals surface area contributed by atoms with Gasteiger partial charge in [0.1, 0.15) is 0 Å². The molecular formula is C16H18N2O2. The lowest BCUT2D eigenvalue weighted by molar-refractivity contribution is 0.187. The van der Waals surface area contributed by atoms with Gasteiger partial charge in [-0.2, -0.15) is 0 Å². The van der Waals surface area contributed by atoms with Crippen LogP contribution in [0, 0.1) is 6.92 Å². The van der Waals surface area contributed by atoms with Crippen LogP contribution < -0.4 is 11.1 Å². The van der Waals surface area contributed by atoms with Gasteiger partial charge in [0.15, 0.2) is 0 Å². The molecule has 2 aromatic rings. The second-order valence-electron chi connectivity index (χ2n) is 4.54. The first-order valence-electron chi connectivity index (χ1n) is 6.38. The van der Waals surface area contributed by atoms with Crippen molar-refractivity contribution in [3.8, 4) is 0 Å². The molecule has 0 saturated heterocycles. The number of ether oxygens (including phenoxy) is 1. The highest BCUT2D eigenvalue weighted by Gasteiger charge is 2.16. The average molecular weight is 270 g/mol. The molecule has 0 saturated carbocycles. The molecule has 0 radical (unpaired) electrons. The fourth-order valence-electron chi connectivity index (χ4n) is 2.11. The third-order valence-electron chi connectivity index (χ3n) is 3.21. The Morgan fingerprint density at radius 1 is 1.15 bits per heavy atom. The summed E-state index contributed by atoms with van der Waals surface area (Å²) in [6, 6.07) is 15.2. The van der Waals surface area contributed by atoms with E-state index in [0.717, 1.165) is 16.7 Å². The molecule has 0 aliphatic carbocycles. The first-order valence-corrected chi connectivity index (χ1v) is 6.38. The van der Waals surface area contributed by atoms with Gasteiger partial charge in [0.25, 0.3) is 0 Å². The first-order chi connectivity index (χ1) is 9.63. The van der Waals surface area contributed by atoms with Crippen LogP contribution in [-0.2, 0) is 4.74 Å². The van der Waals surface area contributed by atoms with Crippen molar-refractivity contribution in [2.75, 3.05) is 12.4 Å². The van der Waals surface area contributed by atoms with Gasteiger partial charge in [0, 0.05) is 0 Å². The maximum atomic E-state index is 11.5. The van der Waals surface area contributed by atoms with E-state index in [1.54, 1.807) is 0 Å². The summed E-state index contributed by atoms with van der Waals surface area (Å²) in [6.45, 7) is 1.92. The molecule has 2 aromatic carbocycles. The summed E-state index contributed by atoms with van der Waals surface area (Å²) in [5, 5.41) is 2.74. The number of rotatable bonds is 3. The number of benzene rings is 2. The molecule has 104 valence electrons. The molecule has 1 unspecified atom stereocenters. The molecule has 0 aromatic heterocycles. The third kappa shape index (κ3) is 2.97. The monoisotopic (exact) mass is 270 g/mol. The SMILES string of the molecule is COC(=O)Nc1c(C)cccc1C(N)c1ccccc1. The average Bonchev–Trinajstić information content (AvgIpc) is 2.49. The van der Waals surface area contributed by atoms with Crippen molar-refractivity contribution in [3.05, 3.63) is 65.2 Å². The van der Waals surface area contributed by atoms with E-state index in [2.05, 4.69) is 10.1 Å². The summed E-state index contributed by atoms with van der Waals surface area (Å²) in [6.07, 6.45) is -0.499. The number of aryl methyl sites for hydroxylation is 1. The molecule has 0 spiro atoms. The van der Waals surface area contributed by atoms with E-state index in [-0.39, 0.29) is 6.04 Å². The van der Waals surface area contributed by atoms with Crippen LogP contribution in [0.4, 0.5) is 10.5 Å². The maximum absolute atomic E-state index is 11.5. The summed E-state index contributed by atoms with van der Waals surface area (Å²) in [7, 11) is 1.34. The van der Waals surface area contributed by atoms with Crippen molar-refractivity contribution in [2.45, 2.75) is 13.0 Å². The van der Waals surface area contributed by atoms with E-state index in [4.69, 9.17) is 5.73 Å². The molecule has 4 heteroatoms. The van der Waals surface area contributed by atoms with Crippen molar-refractivity contribution in [1.29, 1.82) is 0 Å². The van der Waals surface area contributed by atoms with Crippen LogP contribution >= 0.6 is 0 Å². The number of carbonyl (C=O) groups excluding carboxylic acids is 1. The van der Waals surface area contributed by atoms with Gasteiger partial charge in [-0.05, 0) is 23.6 Å². The van der Waals surface area contributed by atoms with Crippen LogP contribution in [0.2, 0.25) is 0 Å². The van der Waals surface area contributed by atoms with Crippen LogP contribution in [0.15, 0.2) is 48.5 Å². The van der Waals surface area contributed by atoms with Gasteiger partial charge in [0.05, 0.1) is 18.8 Å². The molecular weight excluding hydrogens is 252 g/mol.